The quantitative estimate of drug-likeness (QED) is 0.173. The Morgan fingerprint density at radius 1 is 0.344 bits per heavy atom. The van der Waals surface area contributed by atoms with Gasteiger partial charge in [0.25, 0.3) is 0 Å². The molecule has 2 atom stereocenters. The van der Waals surface area contributed by atoms with Crippen LogP contribution in [0, 0.1) is 0 Å². The highest BCUT2D eigenvalue weighted by Gasteiger charge is 2.37. The Morgan fingerprint density at radius 3 is 1.42 bits per heavy atom. The van der Waals surface area contributed by atoms with Crippen LogP contribution in [0.15, 0.2) is 227 Å². The number of hydrogen-bond donors (Lipinski definition) is 0. The van der Waals surface area contributed by atoms with Crippen LogP contribution in [0.4, 0.5) is 11.4 Å². The zero-order chi connectivity index (χ0) is 41.9. The number of fused-ring (bicyclic) bond motifs is 12. The maximum Gasteiger partial charge on any atom is 0.135 e. The molecule has 0 N–H and O–H groups in total. The van der Waals surface area contributed by atoms with Gasteiger partial charge in [-0.15, -0.1) is 0 Å². The molecule has 9 aromatic carbocycles. The summed E-state index contributed by atoms with van der Waals surface area (Å²) in [6.45, 7) is 0. The predicted molar refractivity (Wildman–Crippen MR) is 265 cm³/mol. The number of allylic oxidation sites excluding steroid dienone is 2. The summed E-state index contributed by atoms with van der Waals surface area (Å²) in [5.74, 6) is 0.338. The SMILES string of the molecule is C1=CC2c3ccccc3N(c3ccc4oc5ccc(-c6cccc(-c7cccc(-c8ccc9oc%10ccc(-n%11c%12ccccc%12c%12ccccc%12%11)cc%10c9c8)c7)c6)cc5c4c3)C2C=C1. The van der Waals surface area contributed by atoms with Crippen LogP contribution in [0.2, 0.25) is 0 Å². The predicted octanol–water partition coefficient (Wildman–Crippen LogP) is 16.3. The molecule has 300 valence electrons. The minimum absolute atomic E-state index is 0.245. The maximum atomic E-state index is 6.43. The smallest absolute Gasteiger partial charge is 0.135 e. The molecule has 64 heavy (non-hydrogen) atoms. The lowest BCUT2D eigenvalue weighted by Gasteiger charge is -2.28. The molecule has 4 heteroatoms. The summed E-state index contributed by atoms with van der Waals surface area (Å²) in [6, 6.07) is 70.5. The van der Waals surface area contributed by atoms with E-state index in [2.05, 4.69) is 228 Å². The third kappa shape index (κ3) is 5.29. The molecule has 0 amide bonds. The molecule has 0 radical (unpaired) electrons. The zero-order valence-electron chi connectivity index (χ0n) is 34.7. The fourth-order valence-corrected chi connectivity index (χ4v) is 10.7. The summed E-state index contributed by atoms with van der Waals surface area (Å²) in [6.07, 6.45) is 9.00. The minimum atomic E-state index is 0.245. The number of nitrogens with zero attached hydrogens (tertiary/aromatic N) is 2. The Bertz CT molecular complexity index is 3900. The molecule has 4 nitrogen and oxygen atoms in total. The van der Waals surface area contributed by atoms with Crippen molar-refractivity contribution in [1.82, 2.24) is 4.57 Å². The van der Waals surface area contributed by atoms with Crippen LogP contribution in [0.1, 0.15) is 11.5 Å². The van der Waals surface area contributed by atoms with E-state index in [0.29, 0.717) is 5.92 Å². The second-order valence-corrected chi connectivity index (χ2v) is 17.2. The first-order valence-electron chi connectivity index (χ1n) is 22.1. The molecule has 2 aliphatic rings. The average Bonchev–Trinajstić information content (AvgIpc) is 4.11. The largest absolute Gasteiger partial charge is 0.456 e. The van der Waals surface area contributed by atoms with E-state index < -0.39 is 0 Å². The van der Waals surface area contributed by atoms with Crippen molar-refractivity contribution < 1.29 is 8.83 Å². The van der Waals surface area contributed by atoms with E-state index in [4.69, 9.17) is 8.83 Å². The van der Waals surface area contributed by atoms with Crippen molar-refractivity contribution in [3.8, 4) is 39.1 Å². The molecule has 0 fully saturated rings. The Balaban J connectivity index is 0.811. The monoisotopic (exact) mass is 818 g/mol. The van der Waals surface area contributed by atoms with Gasteiger partial charge in [0.15, 0.2) is 0 Å². The number of benzene rings is 9. The van der Waals surface area contributed by atoms with Crippen LogP contribution in [0.3, 0.4) is 0 Å². The van der Waals surface area contributed by atoms with Gasteiger partial charge in [0.05, 0.1) is 17.1 Å². The fourth-order valence-electron chi connectivity index (χ4n) is 10.7. The van der Waals surface area contributed by atoms with Gasteiger partial charge in [-0.25, -0.2) is 0 Å². The third-order valence-corrected chi connectivity index (χ3v) is 13.7. The maximum absolute atomic E-state index is 6.43. The molecule has 1 aliphatic heterocycles. The summed E-state index contributed by atoms with van der Waals surface area (Å²) >= 11 is 0. The van der Waals surface area contributed by atoms with Gasteiger partial charge in [-0.1, -0.05) is 127 Å². The lowest BCUT2D eigenvalue weighted by Crippen LogP contribution is -2.28. The minimum Gasteiger partial charge on any atom is -0.456 e. The Hall–Kier alpha value is -8.34. The lowest BCUT2D eigenvalue weighted by molar-refractivity contribution is 0.668. The Labute approximate surface area is 368 Å². The molecule has 0 bridgehead atoms. The zero-order valence-corrected chi connectivity index (χ0v) is 34.7. The Morgan fingerprint density at radius 2 is 0.812 bits per heavy atom. The number of hydrogen-bond acceptors (Lipinski definition) is 3. The van der Waals surface area contributed by atoms with Gasteiger partial charge in [-0.2, -0.15) is 0 Å². The van der Waals surface area contributed by atoms with E-state index in [1.165, 1.54) is 49.9 Å². The molecule has 3 aromatic heterocycles. The van der Waals surface area contributed by atoms with Crippen molar-refractivity contribution in [1.29, 1.82) is 0 Å². The normalized spacial score (nSPS) is 15.7. The molecule has 0 saturated carbocycles. The van der Waals surface area contributed by atoms with Gasteiger partial charge in [0, 0.05) is 55.3 Å². The van der Waals surface area contributed by atoms with Crippen molar-refractivity contribution in [2.45, 2.75) is 12.0 Å². The van der Waals surface area contributed by atoms with Gasteiger partial charge in [-0.05, 0) is 130 Å². The summed E-state index contributed by atoms with van der Waals surface area (Å²) in [4.78, 5) is 2.49. The van der Waals surface area contributed by atoms with Crippen molar-refractivity contribution >= 4 is 77.1 Å². The van der Waals surface area contributed by atoms with Crippen LogP contribution in [0.25, 0.3) is 105 Å². The van der Waals surface area contributed by atoms with Gasteiger partial charge in [0.2, 0.25) is 0 Å². The highest BCUT2D eigenvalue weighted by molar-refractivity contribution is 6.11. The van der Waals surface area contributed by atoms with Gasteiger partial charge >= 0.3 is 0 Å². The molecule has 4 heterocycles. The van der Waals surface area contributed by atoms with Crippen molar-refractivity contribution in [3.05, 3.63) is 224 Å². The average molecular weight is 819 g/mol. The standard InChI is InChI=1S/C60H38N2O2/c1-5-19-53-45(15-1)46-16-2-6-20-54(46)61(53)43-25-29-59-51(35-43)49-33-41(23-27-57(49)63-59)39-13-9-11-37(31-39)38-12-10-14-40(32-38)42-24-28-58-50(34-42)52-36-44(26-30-60(52)64-58)62-55-21-7-3-17-47(55)48-18-4-8-22-56(48)62/h1-36,45,53H. The lowest BCUT2D eigenvalue weighted by atomic mass is 9.91. The van der Waals surface area contributed by atoms with Gasteiger partial charge in [0.1, 0.15) is 22.3 Å². The van der Waals surface area contributed by atoms with Crippen LogP contribution < -0.4 is 4.90 Å². The van der Waals surface area contributed by atoms with Gasteiger partial charge in [-0.3, -0.25) is 0 Å². The second kappa shape index (κ2) is 13.6. The fraction of sp³-hybridized carbons (Fsp3) is 0.0333. The van der Waals surface area contributed by atoms with Crippen LogP contribution in [-0.4, -0.2) is 10.6 Å². The summed E-state index contributed by atoms with van der Waals surface area (Å²) in [7, 11) is 0. The van der Waals surface area contributed by atoms with E-state index in [9.17, 15) is 0 Å². The van der Waals surface area contributed by atoms with E-state index >= 15 is 0 Å². The number of aromatic nitrogens is 1. The first-order valence-corrected chi connectivity index (χ1v) is 22.1. The first kappa shape index (κ1) is 35.3. The van der Waals surface area contributed by atoms with Crippen LogP contribution >= 0.6 is 0 Å². The Kier molecular flexibility index (Phi) is 7.48. The summed E-state index contributed by atoms with van der Waals surface area (Å²) in [5.41, 5.74) is 17.8. The van der Waals surface area contributed by atoms with Crippen LogP contribution in [0.5, 0.6) is 0 Å². The number of para-hydroxylation sites is 3. The number of anilines is 2. The first-order chi connectivity index (χ1) is 31.7. The van der Waals surface area contributed by atoms with Crippen molar-refractivity contribution in [2.75, 3.05) is 4.90 Å². The highest BCUT2D eigenvalue weighted by Crippen LogP contribution is 2.48. The van der Waals surface area contributed by atoms with Crippen molar-refractivity contribution in [2.24, 2.45) is 0 Å². The summed E-state index contributed by atoms with van der Waals surface area (Å²) in [5, 5.41) is 6.96. The van der Waals surface area contributed by atoms with E-state index in [-0.39, 0.29) is 6.04 Å². The summed E-state index contributed by atoms with van der Waals surface area (Å²) < 4.78 is 15.2. The second-order valence-electron chi connectivity index (χ2n) is 17.2. The molecule has 0 spiro atoms. The third-order valence-electron chi connectivity index (χ3n) is 13.7. The molecule has 1 aliphatic carbocycles. The molecule has 14 rings (SSSR count). The van der Waals surface area contributed by atoms with Gasteiger partial charge < -0.3 is 18.3 Å². The van der Waals surface area contributed by atoms with E-state index in [0.717, 1.165) is 71.8 Å². The number of rotatable bonds is 5. The molecule has 0 saturated heterocycles. The van der Waals surface area contributed by atoms with E-state index in [1.54, 1.807) is 0 Å². The van der Waals surface area contributed by atoms with Crippen molar-refractivity contribution in [3.63, 3.8) is 0 Å². The molecule has 2 unspecified atom stereocenters. The molecular formula is C60H38N2O2. The highest BCUT2D eigenvalue weighted by atomic mass is 16.3. The topological polar surface area (TPSA) is 34.5 Å². The van der Waals surface area contributed by atoms with E-state index in [1.807, 2.05) is 0 Å². The molecule has 12 aromatic rings. The van der Waals surface area contributed by atoms with Crippen LogP contribution in [-0.2, 0) is 0 Å². The number of furan rings is 2. The molecular weight excluding hydrogens is 781 g/mol.